The fraction of sp³-hybridized carbons (Fsp3) is 0.619. The largest absolute Gasteiger partial charge is 0.466 e. The quantitative estimate of drug-likeness (QED) is 0.697. The molecule has 0 spiro atoms. The van der Waals surface area contributed by atoms with Gasteiger partial charge < -0.3 is 15.0 Å². The molecule has 30 heavy (non-hydrogen) atoms. The Kier molecular flexibility index (Phi) is 6.06. The van der Waals surface area contributed by atoms with Crippen molar-refractivity contribution >= 4 is 23.2 Å². The lowest BCUT2D eigenvalue weighted by Crippen LogP contribution is -2.47. The lowest BCUT2D eigenvalue weighted by atomic mass is 10.1. The highest BCUT2D eigenvalue weighted by Crippen LogP contribution is 2.32. The molecule has 2 aromatic heterocycles. The van der Waals surface area contributed by atoms with Gasteiger partial charge in [0.2, 0.25) is 0 Å². The summed E-state index contributed by atoms with van der Waals surface area (Å²) in [6.45, 7) is 4.13. The van der Waals surface area contributed by atoms with Gasteiger partial charge >= 0.3 is 17.7 Å². The van der Waals surface area contributed by atoms with Gasteiger partial charge in [-0.25, -0.2) is 14.6 Å². The van der Waals surface area contributed by atoms with Gasteiger partial charge in [-0.1, -0.05) is 0 Å². The Morgan fingerprint density at radius 1 is 1.30 bits per heavy atom. The number of urea groups is 1. The fourth-order valence-electron chi connectivity index (χ4n) is 4.14. The second-order valence-electron chi connectivity index (χ2n) is 8.08. The van der Waals surface area contributed by atoms with Crippen molar-refractivity contribution in [3.8, 4) is 0 Å². The predicted octanol–water partition coefficient (Wildman–Crippen LogP) is 1.91. The molecule has 0 unspecified atom stereocenters. The van der Waals surface area contributed by atoms with Gasteiger partial charge in [-0.05, 0) is 50.7 Å². The number of likely N-dealkylation sites (tertiary alicyclic amines) is 1. The molecule has 0 bridgehead atoms. The van der Waals surface area contributed by atoms with Crippen LogP contribution in [0, 0.1) is 5.92 Å². The van der Waals surface area contributed by atoms with Gasteiger partial charge in [-0.3, -0.25) is 13.9 Å². The molecule has 9 heteroatoms. The third-order valence-electron chi connectivity index (χ3n) is 5.82. The zero-order valence-corrected chi connectivity index (χ0v) is 17.4. The number of imidazole rings is 1. The minimum atomic E-state index is -0.324. The van der Waals surface area contributed by atoms with Crippen molar-refractivity contribution in [2.75, 3.05) is 26.2 Å². The molecular weight excluding hydrogens is 386 g/mol. The molecule has 1 aliphatic heterocycles. The van der Waals surface area contributed by atoms with Gasteiger partial charge in [0.25, 0.3) is 0 Å². The molecule has 2 fully saturated rings. The number of pyridine rings is 1. The first-order chi connectivity index (χ1) is 14.6. The van der Waals surface area contributed by atoms with Crippen LogP contribution in [0.2, 0.25) is 0 Å². The number of piperidine rings is 1. The van der Waals surface area contributed by atoms with E-state index < -0.39 is 0 Å². The molecule has 2 amide bonds. The molecular formula is C21H29N5O4. The van der Waals surface area contributed by atoms with E-state index in [1.807, 2.05) is 16.7 Å². The molecule has 2 aromatic rings. The Balaban J connectivity index is 1.47. The van der Waals surface area contributed by atoms with E-state index in [9.17, 15) is 14.4 Å². The van der Waals surface area contributed by atoms with Gasteiger partial charge in [-0.2, -0.15) is 0 Å². The van der Waals surface area contributed by atoms with Crippen LogP contribution in [0.3, 0.4) is 0 Å². The molecule has 162 valence electrons. The number of rotatable bonds is 7. The van der Waals surface area contributed by atoms with Crippen molar-refractivity contribution in [1.82, 2.24) is 24.3 Å². The van der Waals surface area contributed by atoms with E-state index in [2.05, 4.69) is 10.3 Å². The number of fused-ring (bicyclic) bond motifs is 1. The van der Waals surface area contributed by atoms with Crippen LogP contribution in [-0.2, 0) is 16.1 Å². The van der Waals surface area contributed by atoms with Crippen LogP contribution in [0.4, 0.5) is 4.79 Å². The number of hydrogen-bond donors (Lipinski definition) is 1. The number of amides is 2. The first kappa shape index (κ1) is 20.4. The standard InChI is InChI=1S/C21H29N5O4/c1-2-30-18(27)9-11-23-20(28)24-12-4-5-16(14-24)26-19-17(6-3-10-22-19)25(21(26)29)13-15-7-8-15/h3,6,10,15-16H,2,4-5,7-9,11-14H2,1H3,(H,23,28)/t16-/m0/s1. The third-order valence-corrected chi connectivity index (χ3v) is 5.82. The first-order valence-corrected chi connectivity index (χ1v) is 10.8. The van der Waals surface area contributed by atoms with E-state index in [1.165, 1.54) is 12.8 Å². The smallest absolute Gasteiger partial charge is 0.330 e. The number of nitrogens with zero attached hydrogens (tertiary/aromatic N) is 4. The normalized spacial score (nSPS) is 19.1. The summed E-state index contributed by atoms with van der Waals surface area (Å²) in [5.41, 5.74) is 1.52. The summed E-state index contributed by atoms with van der Waals surface area (Å²) in [7, 11) is 0. The topological polar surface area (TPSA) is 98.5 Å². The van der Waals surface area contributed by atoms with Gasteiger partial charge in [-0.15, -0.1) is 0 Å². The molecule has 9 nitrogen and oxygen atoms in total. The summed E-state index contributed by atoms with van der Waals surface area (Å²) in [4.78, 5) is 43.5. The molecule has 1 N–H and O–H groups in total. The van der Waals surface area contributed by atoms with E-state index in [0.717, 1.165) is 24.9 Å². The maximum atomic E-state index is 13.3. The first-order valence-electron chi connectivity index (χ1n) is 10.8. The highest BCUT2D eigenvalue weighted by atomic mass is 16.5. The van der Waals surface area contributed by atoms with Crippen molar-refractivity contribution in [2.24, 2.45) is 5.92 Å². The lowest BCUT2D eigenvalue weighted by Gasteiger charge is -2.33. The molecule has 4 rings (SSSR count). The van der Waals surface area contributed by atoms with Gasteiger partial charge in [0, 0.05) is 32.4 Å². The average molecular weight is 415 g/mol. The minimum absolute atomic E-state index is 0.0369. The minimum Gasteiger partial charge on any atom is -0.466 e. The highest BCUT2D eigenvalue weighted by Gasteiger charge is 2.30. The van der Waals surface area contributed by atoms with Crippen LogP contribution in [0.1, 0.15) is 45.1 Å². The van der Waals surface area contributed by atoms with Gasteiger partial charge in [0.15, 0.2) is 5.65 Å². The molecule has 2 aliphatic rings. The average Bonchev–Trinajstić information content (AvgIpc) is 3.52. The van der Waals surface area contributed by atoms with Crippen molar-refractivity contribution < 1.29 is 14.3 Å². The summed E-state index contributed by atoms with van der Waals surface area (Å²) in [6, 6.07) is 3.48. The molecule has 3 heterocycles. The Labute approximate surface area is 175 Å². The van der Waals surface area contributed by atoms with Crippen LogP contribution < -0.4 is 11.0 Å². The lowest BCUT2D eigenvalue weighted by molar-refractivity contribution is -0.142. The molecule has 0 radical (unpaired) electrons. The number of nitrogens with one attached hydrogen (secondary N) is 1. The molecule has 0 aromatic carbocycles. The van der Waals surface area contributed by atoms with Crippen LogP contribution >= 0.6 is 0 Å². The van der Waals surface area contributed by atoms with Crippen LogP contribution in [0.25, 0.3) is 11.2 Å². The summed E-state index contributed by atoms with van der Waals surface area (Å²) >= 11 is 0. The predicted molar refractivity (Wildman–Crippen MR) is 111 cm³/mol. The SMILES string of the molecule is CCOC(=O)CCNC(=O)N1CCC[C@H](n2c(=O)n(CC3CC3)c3cccnc32)C1. The van der Waals surface area contributed by atoms with Gasteiger partial charge in [0.1, 0.15) is 0 Å². The van der Waals surface area contributed by atoms with Crippen LogP contribution in [0.15, 0.2) is 23.1 Å². The zero-order valence-electron chi connectivity index (χ0n) is 17.4. The summed E-state index contributed by atoms with van der Waals surface area (Å²) < 4.78 is 8.50. The van der Waals surface area contributed by atoms with Crippen molar-refractivity contribution in [2.45, 2.75) is 51.6 Å². The molecule has 1 saturated heterocycles. The monoisotopic (exact) mass is 415 g/mol. The van der Waals surface area contributed by atoms with E-state index in [0.29, 0.717) is 31.3 Å². The number of hydrogen-bond acceptors (Lipinski definition) is 5. The summed E-state index contributed by atoms with van der Waals surface area (Å²) in [5.74, 6) is 0.255. The number of ether oxygens (including phenoxy) is 1. The van der Waals surface area contributed by atoms with Crippen molar-refractivity contribution in [3.63, 3.8) is 0 Å². The van der Waals surface area contributed by atoms with Crippen molar-refractivity contribution in [3.05, 3.63) is 28.8 Å². The zero-order chi connectivity index (χ0) is 21.1. The fourth-order valence-corrected chi connectivity index (χ4v) is 4.14. The molecule has 1 aliphatic carbocycles. The van der Waals surface area contributed by atoms with E-state index in [1.54, 1.807) is 22.6 Å². The van der Waals surface area contributed by atoms with Gasteiger partial charge in [0.05, 0.1) is 24.6 Å². The van der Waals surface area contributed by atoms with E-state index in [4.69, 9.17) is 4.74 Å². The second-order valence-corrected chi connectivity index (χ2v) is 8.08. The maximum absolute atomic E-state index is 13.3. The Hall–Kier alpha value is -2.84. The Morgan fingerprint density at radius 3 is 2.90 bits per heavy atom. The maximum Gasteiger partial charge on any atom is 0.330 e. The second kappa shape index (κ2) is 8.89. The van der Waals surface area contributed by atoms with E-state index >= 15 is 0 Å². The van der Waals surface area contributed by atoms with Crippen molar-refractivity contribution in [1.29, 1.82) is 0 Å². The summed E-state index contributed by atoms with van der Waals surface area (Å²) in [5, 5.41) is 2.78. The number of aromatic nitrogens is 3. The molecule has 1 atom stereocenters. The van der Waals surface area contributed by atoms with Crippen LogP contribution in [-0.4, -0.2) is 57.3 Å². The summed E-state index contributed by atoms with van der Waals surface area (Å²) in [6.07, 6.45) is 5.83. The highest BCUT2D eigenvalue weighted by molar-refractivity contribution is 5.76. The van der Waals surface area contributed by atoms with Crippen LogP contribution in [0.5, 0.6) is 0 Å². The number of esters is 1. The Morgan fingerprint density at radius 2 is 2.13 bits per heavy atom. The number of carbonyl (C=O) groups excluding carboxylic acids is 2. The Bertz CT molecular complexity index is 977. The third kappa shape index (κ3) is 4.34. The molecule has 1 saturated carbocycles. The van der Waals surface area contributed by atoms with E-state index in [-0.39, 0.29) is 36.7 Å². The number of carbonyl (C=O) groups is 2.